The third kappa shape index (κ3) is 3.10. The molecule has 0 radical (unpaired) electrons. The lowest BCUT2D eigenvalue weighted by atomic mass is 10.0. The standard InChI is InChI=1S/C15H25N5O/c1-5-12-9-20(7-6-19(12)4)13-8-10(2)17-11(3)14(13)15(16)18-21/h8,12,21H,5-7,9H2,1-4H3,(H2,16,18). The Bertz CT molecular complexity index is 543. The summed E-state index contributed by atoms with van der Waals surface area (Å²) in [4.78, 5) is 9.16. The smallest absolute Gasteiger partial charge is 0.174 e. The van der Waals surface area contributed by atoms with Crippen LogP contribution >= 0.6 is 0 Å². The summed E-state index contributed by atoms with van der Waals surface area (Å²) in [5.41, 5.74) is 9.37. The third-order valence-corrected chi connectivity index (χ3v) is 4.26. The number of oxime groups is 1. The average Bonchev–Trinajstić information content (AvgIpc) is 2.46. The summed E-state index contributed by atoms with van der Waals surface area (Å²) in [6.45, 7) is 8.97. The van der Waals surface area contributed by atoms with Crippen molar-refractivity contribution >= 4 is 11.5 Å². The second-order valence-electron chi connectivity index (χ2n) is 5.72. The average molecular weight is 291 g/mol. The molecule has 1 atom stereocenters. The van der Waals surface area contributed by atoms with Crippen molar-refractivity contribution in [3.8, 4) is 0 Å². The highest BCUT2D eigenvalue weighted by molar-refractivity contribution is 6.03. The van der Waals surface area contributed by atoms with Crippen LogP contribution in [0, 0.1) is 13.8 Å². The third-order valence-electron chi connectivity index (χ3n) is 4.26. The minimum absolute atomic E-state index is 0.127. The van der Waals surface area contributed by atoms with Gasteiger partial charge in [-0.05, 0) is 33.4 Å². The van der Waals surface area contributed by atoms with E-state index in [-0.39, 0.29) is 5.84 Å². The molecule has 116 valence electrons. The quantitative estimate of drug-likeness (QED) is 0.380. The molecule has 3 N–H and O–H groups in total. The Hall–Kier alpha value is -1.82. The molecule has 1 unspecified atom stereocenters. The fraction of sp³-hybridized carbons (Fsp3) is 0.600. The highest BCUT2D eigenvalue weighted by Crippen LogP contribution is 2.26. The summed E-state index contributed by atoms with van der Waals surface area (Å²) >= 11 is 0. The first kappa shape index (κ1) is 15.6. The van der Waals surface area contributed by atoms with E-state index >= 15 is 0 Å². The molecule has 2 heterocycles. The van der Waals surface area contributed by atoms with Crippen molar-refractivity contribution < 1.29 is 5.21 Å². The van der Waals surface area contributed by atoms with E-state index in [0.29, 0.717) is 6.04 Å². The van der Waals surface area contributed by atoms with Gasteiger partial charge in [0.1, 0.15) is 0 Å². The topological polar surface area (TPSA) is 78.0 Å². The van der Waals surface area contributed by atoms with Crippen molar-refractivity contribution in [2.75, 3.05) is 31.6 Å². The molecule has 1 fully saturated rings. The van der Waals surface area contributed by atoms with Crippen molar-refractivity contribution in [3.05, 3.63) is 23.0 Å². The van der Waals surface area contributed by atoms with Crippen molar-refractivity contribution in [2.45, 2.75) is 33.2 Å². The Balaban J connectivity index is 2.43. The number of nitrogens with zero attached hydrogens (tertiary/aromatic N) is 4. The molecule has 6 heteroatoms. The van der Waals surface area contributed by atoms with E-state index in [9.17, 15) is 0 Å². The van der Waals surface area contributed by atoms with E-state index in [1.54, 1.807) is 0 Å². The van der Waals surface area contributed by atoms with Gasteiger partial charge in [-0.2, -0.15) is 0 Å². The Kier molecular flexibility index (Phi) is 4.67. The first-order chi connectivity index (χ1) is 9.97. The number of hydrogen-bond acceptors (Lipinski definition) is 5. The van der Waals surface area contributed by atoms with Gasteiger partial charge < -0.3 is 15.8 Å². The maximum Gasteiger partial charge on any atom is 0.174 e. The Morgan fingerprint density at radius 3 is 2.81 bits per heavy atom. The van der Waals surface area contributed by atoms with Gasteiger partial charge >= 0.3 is 0 Å². The van der Waals surface area contributed by atoms with Crippen molar-refractivity contribution in [2.24, 2.45) is 10.9 Å². The molecule has 0 aliphatic carbocycles. The van der Waals surface area contributed by atoms with E-state index in [0.717, 1.165) is 48.7 Å². The molecule has 1 aromatic rings. The highest BCUT2D eigenvalue weighted by atomic mass is 16.4. The van der Waals surface area contributed by atoms with Crippen LogP contribution in [-0.2, 0) is 0 Å². The number of anilines is 1. The summed E-state index contributed by atoms with van der Waals surface area (Å²) in [6, 6.07) is 2.55. The SMILES string of the molecule is CCC1CN(c2cc(C)nc(C)c2/C(N)=N/O)CCN1C. The van der Waals surface area contributed by atoms with Crippen LogP contribution in [0.1, 0.15) is 30.3 Å². The molecule has 1 aliphatic heterocycles. The minimum Gasteiger partial charge on any atom is -0.409 e. The first-order valence-electron chi connectivity index (χ1n) is 7.39. The molecule has 0 aromatic carbocycles. The van der Waals surface area contributed by atoms with Crippen LogP contribution in [0.15, 0.2) is 11.2 Å². The highest BCUT2D eigenvalue weighted by Gasteiger charge is 2.26. The normalized spacial score (nSPS) is 20.9. The Morgan fingerprint density at radius 2 is 2.19 bits per heavy atom. The van der Waals surface area contributed by atoms with Gasteiger partial charge in [-0.3, -0.25) is 9.88 Å². The zero-order valence-corrected chi connectivity index (χ0v) is 13.3. The number of amidine groups is 1. The van der Waals surface area contributed by atoms with E-state index in [1.807, 2.05) is 19.9 Å². The molecule has 0 amide bonds. The van der Waals surface area contributed by atoms with E-state index in [4.69, 9.17) is 10.9 Å². The largest absolute Gasteiger partial charge is 0.409 e. The fourth-order valence-corrected chi connectivity index (χ4v) is 3.03. The first-order valence-corrected chi connectivity index (χ1v) is 7.39. The van der Waals surface area contributed by atoms with Gasteiger partial charge in [-0.15, -0.1) is 0 Å². The van der Waals surface area contributed by atoms with Crippen molar-refractivity contribution in [3.63, 3.8) is 0 Å². The van der Waals surface area contributed by atoms with E-state index < -0.39 is 0 Å². The molecular formula is C15H25N5O. The molecule has 0 bridgehead atoms. The summed E-state index contributed by atoms with van der Waals surface area (Å²) in [7, 11) is 2.17. The van der Waals surface area contributed by atoms with Crippen LogP contribution in [0.2, 0.25) is 0 Å². The number of likely N-dealkylation sites (N-methyl/N-ethyl adjacent to an activating group) is 1. The Labute approximate surface area is 126 Å². The minimum atomic E-state index is 0.127. The lowest BCUT2D eigenvalue weighted by Crippen LogP contribution is -2.51. The molecule has 1 aliphatic rings. The van der Waals surface area contributed by atoms with Crippen LogP contribution in [0.3, 0.4) is 0 Å². The zero-order chi connectivity index (χ0) is 15.6. The number of aryl methyl sites for hydroxylation is 2. The number of piperazine rings is 1. The van der Waals surface area contributed by atoms with Gasteiger partial charge in [0.25, 0.3) is 0 Å². The molecular weight excluding hydrogens is 266 g/mol. The van der Waals surface area contributed by atoms with Gasteiger partial charge in [-0.1, -0.05) is 12.1 Å². The van der Waals surface area contributed by atoms with E-state index in [2.05, 4.69) is 33.9 Å². The fourth-order valence-electron chi connectivity index (χ4n) is 3.03. The van der Waals surface area contributed by atoms with Gasteiger partial charge in [-0.25, -0.2) is 0 Å². The molecule has 0 spiro atoms. The van der Waals surface area contributed by atoms with Crippen LogP contribution in [0.25, 0.3) is 0 Å². The summed E-state index contributed by atoms with van der Waals surface area (Å²) in [6.07, 6.45) is 1.11. The maximum absolute atomic E-state index is 9.05. The molecule has 1 aromatic heterocycles. The molecule has 6 nitrogen and oxygen atoms in total. The number of hydrogen-bond donors (Lipinski definition) is 2. The predicted octanol–water partition coefficient (Wildman–Crippen LogP) is 1.32. The van der Waals surface area contributed by atoms with Crippen LogP contribution in [0.5, 0.6) is 0 Å². The second kappa shape index (κ2) is 6.30. The van der Waals surface area contributed by atoms with Gasteiger partial charge in [0.05, 0.1) is 16.9 Å². The monoisotopic (exact) mass is 291 g/mol. The summed E-state index contributed by atoms with van der Waals surface area (Å²) in [5, 5.41) is 12.2. The Morgan fingerprint density at radius 1 is 1.48 bits per heavy atom. The maximum atomic E-state index is 9.05. The zero-order valence-electron chi connectivity index (χ0n) is 13.3. The number of aromatic nitrogens is 1. The summed E-state index contributed by atoms with van der Waals surface area (Å²) < 4.78 is 0. The molecule has 2 rings (SSSR count). The number of nitrogens with two attached hydrogens (primary N) is 1. The second-order valence-corrected chi connectivity index (χ2v) is 5.72. The van der Waals surface area contributed by atoms with E-state index in [1.165, 1.54) is 0 Å². The van der Waals surface area contributed by atoms with Crippen molar-refractivity contribution in [1.82, 2.24) is 9.88 Å². The van der Waals surface area contributed by atoms with Gasteiger partial charge in [0.2, 0.25) is 0 Å². The molecule has 0 saturated carbocycles. The lowest BCUT2D eigenvalue weighted by molar-refractivity contribution is 0.213. The number of rotatable bonds is 3. The molecule has 1 saturated heterocycles. The van der Waals surface area contributed by atoms with Crippen LogP contribution in [-0.4, -0.2) is 53.7 Å². The van der Waals surface area contributed by atoms with Crippen LogP contribution < -0.4 is 10.6 Å². The van der Waals surface area contributed by atoms with Crippen molar-refractivity contribution in [1.29, 1.82) is 0 Å². The predicted molar refractivity (Wildman–Crippen MR) is 85.1 cm³/mol. The van der Waals surface area contributed by atoms with Crippen LogP contribution in [0.4, 0.5) is 5.69 Å². The van der Waals surface area contributed by atoms with Gasteiger partial charge in [0, 0.05) is 31.4 Å². The van der Waals surface area contributed by atoms with Gasteiger partial charge in [0.15, 0.2) is 5.84 Å². The summed E-state index contributed by atoms with van der Waals surface area (Å²) in [5.74, 6) is 0.127. The lowest BCUT2D eigenvalue weighted by Gasteiger charge is -2.41. The number of pyridine rings is 1. The molecule has 21 heavy (non-hydrogen) atoms.